The van der Waals surface area contributed by atoms with Crippen LogP contribution in [0.2, 0.25) is 0 Å². The van der Waals surface area contributed by atoms with Crippen LogP contribution in [0.5, 0.6) is 0 Å². The SMILES string of the molecule is O=C(Nc1ccc(NC(=O)c2cc(C(=O)Nc3ccc(NC(=O)Nc4ccc(C(F)(F)F)cc4)cc3)cc(C(=O)Nc3ccc(NC(=O)Nc4ccc(C(F)(F)F)cc4)cc3)c2)cc1)Nc1ccc(C(F)(F)F)cc1. The third-order valence-corrected chi connectivity index (χ3v) is 10.3. The molecule has 0 saturated heterocycles. The largest absolute Gasteiger partial charge is 0.416 e. The first-order valence-corrected chi connectivity index (χ1v) is 21.6. The zero-order valence-corrected chi connectivity index (χ0v) is 37.9. The Morgan fingerprint density at radius 1 is 0.240 bits per heavy atom. The van der Waals surface area contributed by atoms with E-state index in [4.69, 9.17) is 0 Å². The molecule has 0 aliphatic rings. The van der Waals surface area contributed by atoms with Gasteiger partial charge in [0.2, 0.25) is 0 Å². The van der Waals surface area contributed by atoms with Gasteiger partial charge >= 0.3 is 36.6 Å². The quantitative estimate of drug-likeness (QED) is 0.0543. The standard InChI is InChI=1S/C51H36F9N9O6/c52-49(53,54)31-1-7-37(8-2-31)64-46(73)67-40-19-13-34(14-20-40)61-43(70)28-25-29(44(71)62-35-15-21-41(22-16-35)68-47(74)65-38-9-3-32(4-10-38)50(55,56)57)27-30(26-28)45(72)63-36-17-23-42(24-18-36)69-48(75)66-39-11-5-33(6-12-39)51(58,59)60/h1-27H,(H,61,70)(H,62,71)(H,63,72)(H2,64,67,73)(H2,65,68,74)(H2,66,69,75). The van der Waals surface area contributed by atoms with Crippen molar-refractivity contribution in [2.75, 3.05) is 47.9 Å². The van der Waals surface area contributed by atoms with Gasteiger partial charge in [0.05, 0.1) is 16.7 Å². The summed E-state index contributed by atoms with van der Waals surface area (Å²) < 4.78 is 116. The van der Waals surface area contributed by atoms with Crippen molar-refractivity contribution in [3.8, 4) is 0 Å². The second-order valence-electron chi connectivity index (χ2n) is 15.9. The number of halogens is 9. The topological polar surface area (TPSA) is 211 Å². The van der Waals surface area contributed by atoms with E-state index in [1.165, 1.54) is 91.0 Å². The van der Waals surface area contributed by atoms with Crippen LogP contribution in [-0.2, 0) is 18.5 Å². The summed E-state index contributed by atoms with van der Waals surface area (Å²) in [6, 6.07) is 29.4. The van der Waals surface area contributed by atoms with Gasteiger partial charge in [-0.15, -0.1) is 0 Å². The summed E-state index contributed by atoms with van der Waals surface area (Å²) in [6.45, 7) is 0. The molecule has 7 aromatic carbocycles. The number of carbonyl (C=O) groups is 6. The van der Waals surface area contributed by atoms with Crippen LogP contribution in [-0.4, -0.2) is 35.8 Å². The molecule has 7 aromatic rings. The van der Waals surface area contributed by atoms with E-state index < -0.39 is 71.0 Å². The summed E-state index contributed by atoms with van der Waals surface area (Å²) in [5, 5.41) is 22.6. The number of amides is 9. The van der Waals surface area contributed by atoms with E-state index in [1.807, 2.05) is 0 Å². The molecule has 384 valence electrons. The number of nitrogens with one attached hydrogen (secondary N) is 9. The van der Waals surface area contributed by atoms with Crippen molar-refractivity contribution in [2.24, 2.45) is 0 Å². The van der Waals surface area contributed by atoms with Gasteiger partial charge in [0, 0.05) is 67.9 Å². The van der Waals surface area contributed by atoms with Crippen molar-refractivity contribution in [3.05, 3.63) is 197 Å². The van der Waals surface area contributed by atoms with Crippen molar-refractivity contribution in [1.82, 2.24) is 0 Å². The van der Waals surface area contributed by atoms with Crippen LogP contribution >= 0.6 is 0 Å². The molecule has 0 aliphatic heterocycles. The predicted molar refractivity (Wildman–Crippen MR) is 262 cm³/mol. The average Bonchev–Trinajstić information content (AvgIpc) is 3.35. The minimum atomic E-state index is -4.56. The van der Waals surface area contributed by atoms with Gasteiger partial charge in [-0.25, -0.2) is 14.4 Å². The van der Waals surface area contributed by atoms with Gasteiger partial charge in [0.25, 0.3) is 17.7 Å². The highest BCUT2D eigenvalue weighted by Crippen LogP contribution is 2.32. The summed E-state index contributed by atoms with van der Waals surface area (Å²) >= 11 is 0. The first-order chi connectivity index (χ1) is 35.4. The van der Waals surface area contributed by atoms with E-state index in [9.17, 15) is 68.3 Å². The summed E-state index contributed by atoms with van der Waals surface area (Å²) in [4.78, 5) is 78.8. The fourth-order valence-corrected chi connectivity index (χ4v) is 6.65. The lowest BCUT2D eigenvalue weighted by Crippen LogP contribution is -2.20. The van der Waals surface area contributed by atoms with Crippen molar-refractivity contribution < 1.29 is 68.3 Å². The Bertz CT molecular complexity index is 2870. The molecule has 0 aromatic heterocycles. The smallest absolute Gasteiger partial charge is 0.322 e. The number of hydrogen-bond donors (Lipinski definition) is 9. The second kappa shape index (κ2) is 22.3. The molecule has 15 nitrogen and oxygen atoms in total. The van der Waals surface area contributed by atoms with E-state index in [2.05, 4.69) is 47.9 Å². The summed E-state index contributed by atoms with van der Waals surface area (Å²) in [6.07, 6.45) is -13.7. The number of alkyl halides is 9. The number of carbonyl (C=O) groups excluding carboxylic acids is 6. The number of urea groups is 3. The highest BCUT2D eigenvalue weighted by atomic mass is 19.4. The lowest BCUT2D eigenvalue weighted by atomic mass is 10.0. The molecule has 0 fully saturated rings. The number of rotatable bonds is 12. The van der Waals surface area contributed by atoms with E-state index in [1.54, 1.807) is 0 Å². The van der Waals surface area contributed by atoms with E-state index in [-0.39, 0.29) is 67.9 Å². The molecule has 0 atom stereocenters. The molecule has 0 bridgehead atoms. The van der Waals surface area contributed by atoms with Crippen LogP contribution in [0.1, 0.15) is 47.8 Å². The molecule has 0 radical (unpaired) electrons. The molecular formula is C51H36F9N9O6. The van der Waals surface area contributed by atoms with Gasteiger partial charge in [-0.3, -0.25) is 14.4 Å². The molecule has 0 aliphatic carbocycles. The molecule has 9 N–H and O–H groups in total. The average molecular weight is 1040 g/mol. The minimum absolute atomic E-state index is 0.0833. The lowest BCUT2D eigenvalue weighted by Gasteiger charge is -2.13. The highest BCUT2D eigenvalue weighted by Gasteiger charge is 2.32. The van der Waals surface area contributed by atoms with Crippen LogP contribution < -0.4 is 47.9 Å². The highest BCUT2D eigenvalue weighted by molar-refractivity contribution is 6.13. The maximum atomic E-state index is 13.7. The number of anilines is 9. The molecule has 7 rings (SSSR count). The molecule has 9 amide bonds. The Hall–Kier alpha value is -9.87. The van der Waals surface area contributed by atoms with Gasteiger partial charge in [-0.05, 0) is 164 Å². The summed E-state index contributed by atoms with van der Waals surface area (Å²) in [5.41, 5.74) is -1.73. The first kappa shape index (κ1) is 52.9. The van der Waals surface area contributed by atoms with Crippen LogP contribution in [0, 0.1) is 0 Å². The third-order valence-electron chi connectivity index (χ3n) is 10.3. The number of hydrogen-bond acceptors (Lipinski definition) is 6. The summed E-state index contributed by atoms with van der Waals surface area (Å²) in [7, 11) is 0. The van der Waals surface area contributed by atoms with Gasteiger partial charge < -0.3 is 47.9 Å². The second-order valence-corrected chi connectivity index (χ2v) is 15.9. The van der Waals surface area contributed by atoms with Crippen LogP contribution in [0.25, 0.3) is 0 Å². The molecule has 0 saturated carbocycles. The molecule has 0 unspecified atom stereocenters. The lowest BCUT2D eigenvalue weighted by molar-refractivity contribution is -0.138. The molecule has 75 heavy (non-hydrogen) atoms. The fraction of sp³-hybridized carbons (Fsp3) is 0.0588. The van der Waals surface area contributed by atoms with Crippen LogP contribution in [0.4, 0.5) is 105 Å². The Kier molecular flexibility index (Phi) is 15.7. The van der Waals surface area contributed by atoms with Crippen molar-refractivity contribution in [3.63, 3.8) is 0 Å². The predicted octanol–water partition coefficient (Wildman–Crippen LogP) is 13.4. The van der Waals surface area contributed by atoms with Crippen LogP contribution in [0.3, 0.4) is 0 Å². The fourth-order valence-electron chi connectivity index (χ4n) is 6.65. The molecule has 0 spiro atoms. The zero-order chi connectivity index (χ0) is 54.1. The Labute approximate surface area is 417 Å². The Balaban J connectivity index is 1.02. The van der Waals surface area contributed by atoms with Crippen LogP contribution in [0.15, 0.2) is 164 Å². The normalized spacial score (nSPS) is 11.3. The maximum absolute atomic E-state index is 13.7. The minimum Gasteiger partial charge on any atom is -0.322 e. The van der Waals surface area contributed by atoms with E-state index >= 15 is 0 Å². The van der Waals surface area contributed by atoms with Crippen molar-refractivity contribution in [1.29, 1.82) is 0 Å². The first-order valence-electron chi connectivity index (χ1n) is 21.6. The Morgan fingerprint density at radius 2 is 0.387 bits per heavy atom. The van der Waals surface area contributed by atoms with E-state index in [0.717, 1.165) is 72.8 Å². The van der Waals surface area contributed by atoms with Crippen molar-refractivity contribution in [2.45, 2.75) is 18.5 Å². The van der Waals surface area contributed by atoms with Gasteiger partial charge in [0.1, 0.15) is 0 Å². The van der Waals surface area contributed by atoms with Crippen molar-refractivity contribution >= 4 is 87.0 Å². The molecule has 24 heteroatoms. The monoisotopic (exact) mass is 1040 g/mol. The Morgan fingerprint density at radius 3 is 0.547 bits per heavy atom. The van der Waals surface area contributed by atoms with E-state index in [0.29, 0.717) is 0 Å². The summed E-state index contributed by atoms with van der Waals surface area (Å²) in [5.74, 6) is -2.39. The molecule has 0 heterocycles. The maximum Gasteiger partial charge on any atom is 0.416 e. The number of benzene rings is 7. The van der Waals surface area contributed by atoms with Gasteiger partial charge in [0.15, 0.2) is 0 Å². The third kappa shape index (κ3) is 15.1. The van der Waals surface area contributed by atoms with Gasteiger partial charge in [-0.2, -0.15) is 39.5 Å². The van der Waals surface area contributed by atoms with Gasteiger partial charge in [-0.1, -0.05) is 0 Å². The molecular weight excluding hydrogens is 1010 g/mol. The zero-order valence-electron chi connectivity index (χ0n) is 37.9.